The Balaban J connectivity index is 1.85. The number of aryl methyl sites for hydroxylation is 1. The van der Waals surface area contributed by atoms with Gasteiger partial charge in [0.2, 0.25) is 0 Å². The van der Waals surface area contributed by atoms with E-state index in [1.54, 1.807) is 12.5 Å². The largest absolute Gasteiger partial charge is 0.472 e. The summed E-state index contributed by atoms with van der Waals surface area (Å²) < 4.78 is 11.1. The molecule has 0 saturated carbocycles. The van der Waals surface area contributed by atoms with E-state index in [-0.39, 0.29) is 6.04 Å². The summed E-state index contributed by atoms with van der Waals surface area (Å²) in [5, 5.41) is 4.71. The molecule has 0 bridgehead atoms. The summed E-state index contributed by atoms with van der Waals surface area (Å²) in [6.07, 6.45) is 4.43. The van der Waals surface area contributed by atoms with Crippen LogP contribution in [0.25, 0.3) is 11.0 Å². The summed E-state index contributed by atoms with van der Waals surface area (Å²) in [7, 11) is 0. The molecule has 3 nitrogen and oxygen atoms in total. The zero-order valence-electron chi connectivity index (χ0n) is 11.8. The molecule has 3 aromatic rings. The Morgan fingerprint density at radius 2 is 2.05 bits per heavy atom. The van der Waals surface area contributed by atoms with Gasteiger partial charge in [-0.05, 0) is 25.5 Å². The van der Waals surface area contributed by atoms with Crippen LogP contribution in [-0.4, -0.2) is 0 Å². The third kappa shape index (κ3) is 2.37. The van der Waals surface area contributed by atoms with Gasteiger partial charge in [0.25, 0.3) is 0 Å². The molecule has 2 aromatic heterocycles. The van der Waals surface area contributed by atoms with Crippen molar-refractivity contribution in [1.29, 1.82) is 0 Å². The zero-order chi connectivity index (χ0) is 13.9. The number of hydrogen-bond donors (Lipinski definition) is 1. The highest BCUT2D eigenvalue weighted by atomic mass is 16.3. The van der Waals surface area contributed by atoms with E-state index in [1.165, 1.54) is 10.9 Å². The van der Waals surface area contributed by atoms with Crippen molar-refractivity contribution in [1.82, 2.24) is 5.32 Å². The van der Waals surface area contributed by atoms with Crippen molar-refractivity contribution in [2.75, 3.05) is 0 Å². The lowest BCUT2D eigenvalue weighted by atomic mass is 10.0. The van der Waals surface area contributed by atoms with Crippen LogP contribution in [0.5, 0.6) is 0 Å². The maximum absolute atomic E-state index is 6.04. The molecule has 0 spiro atoms. The zero-order valence-corrected chi connectivity index (χ0v) is 11.8. The molecule has 20 heavy (non-hydrogen) atoms. The van der Waals surface area contributed by atoms with Crippen LogP contribution < -0.4 is 5.32 Å². The second-order valence-corrected chi connectivity index (χ2v) is 5.03. The second kappa shape index (κ2) is 5.55. The van der Waals surface area contributed by atoms with Crippen molar-refractivity contribution in [2.24, 2.45) is 0 Å². The van der Waals surface area contributed by atoms with Crippen LogP contribution in [0, 0.1) is 0 Å². The van der Waals surface area contributed by atoms with Gasteiger partial charge in [0.05, 0.1) is 18.6 Å². The first-order valence-electron chi connectivity index (χ1n) is 7.04. The van der Waals surface area contributed by atoms with Gasteiger partial charge < -0.3 is 14.2 Å². The summed E-state index contributed by atoms with van der Waals surface area (Å²) in [4.78, 5) is 0. The lowest BCUT2D eigenvalue weighted by molar-refractivity contribution is 0.444. The summed E-state index contributed by atoms with van der Waals surface area (Å²) in [5.41, 5.74) is 3.41. The van der Waals surface area contributed by atoms with Crippen molar-refractivity contribution in [2.45, 2.75) is 32.9 Å². The van der Waals surface area contributed by atoms with Crippen molar-refractivity contribution >= 4 is 11.0 Å². The summed E-state index contributed by atoms with van der Waals surface area (Å²) in [6, 6.07) is 10.4. The Labute approximate surface area is 118 Å². The van der Waals surface area contributed by atoms with Gasteiger partial charge in [-0.2, -0.15) is 0 Å². The predicted molar refractivity (Wildman–Crippen MR) is 79.6 cm³/mol. The average molecular weight is 269 g/mol. The number of furan rings is 2. The highest BCUT2D eigenvalue weighted by Crippen LogP contribution is 2.30. The lowest BCUT2D eigenvalue weighted by Gasteiger charge is -2.12. The quantitative estimate of drug-likeness (QED) is 0.744. The molecule has 0 radical (unpaired) electrons. The molecule has 0 aliphatic carbocycles. The van der Waals surface area contributed by atoms with E-state index in [0.29, 0.717) is 0 Å². The topological polar surface area (TPSA) is 38.3 Å². The second-order valence-electron chi connectivity index (χ2n) is 5.03. The Kier molecular flexibility index (Phi) is 3.61. The van der Waals surface area contributed by atoms with Crippen LogP contribution >= 0.6 is 0 Å². The third-order valence-corrected chi connectivity index (χ3v) is 3.67. The number of nitrogens with one attached hydrogen (secondary N) is 1. The number of para-hydroxylation sites is 1. The SMILES string of the molecule is CCc1c(C(C)NCc2ccoc2)oc2ccccc12. The molecule has 0 amide bonds. The molecule has 0 saturated heterocycles. The molecular formula is C17H19NO2. The fourth-order valence-corrected chi connectivity index (χ4v) is 2.59. The molecule has 1 atom stereocenters. The van der Waals surface area contributed by atoms with Crippen molar-refractivity contribution in [3.05, 3.63) is 59.7 Å². The highest BCUT2D eigenvalue weighted by Gasteiger charge is 2.17. The molecule has 1 N–H and O–H groups in total. The van der Waals surface area contributed by atoms with Crippen LogP contribution in [0.3, 0.4) is 0 Å². The fraction of sp³-hybridized carbons (Fsp3) is 0.294. The van der Waals surface area contributed by atoms with Crippen LogP contribution in [0.15, 0.2) is 51.7 Å². The Bertz CT molecular complexity index is 682. The van der Waals surface area contributed by atoms with Crippen LogP contribution in [-0.2, 0) is 13.0 Å². The van der Waals surface area contributed by atoms with E-state index in [4.69, 9.17) is 8.83 Å². The maximum Gasteiger partial charge on any atom is 0.134 e. The standard InChI is InChI=1S/C17H19NO2/c1-3-14-15-6-4-5-7-16(15)20-17(14)12(2)18-10-13-8-9-19-11-13/h4-9,11-12,18H,3,10H2,1-2H3. The molecule has 2 heterocycles. The summed E-state index contributed by atoms with van der Waals surface area (Å²) in [5.74, 6) is 1.04. The molecule has 3 heteroatoms. The van der Waals surface area contributed by atoms with Gasteiger partial charge >= 0.3 is 0 Å². The normalized spacial score (nSPS) is 12.9. The molecule has 104 valence electrons. The minimum atomic E-state index is 0.173. The lowest BCUT2D eigenvalue weighted by Crippen LogP contribution is -2.18. The molecule has 3 rings (SSSR count). The van der Waals surface area contributed by atoms with Crippen LogP contribution in [0.2, 0.25) is 0 Å². The van der Waals surface area contributed by atoms with Crippen molar-refractivity contribution in [3.63, 3.8) is 0 Å². The van der Waals surface area contributed by atoms with Gasteiger partial charge in [-0.1, -0.05) is 25.1 Å². The van der Waals surface area contributed by atoms with E-state index in [9.17, 15) is 0 Å². The van der Waals surface area contributed by atoms with Gasteiger partial charge in [0.1, 0.15) is 11.3 Å². The number of hydrogen-bond acceptors (Lipinski definition) is 3. The number of benzene rings is 1. The van der Waals surface area contributed by atoms with Gasteiger partial charge in [0.15, 0.2) is 0 Å². The number of rotatable bonds is 5. The van der Waals surface area contributed by atoms with Gasteiger partial charge in [-0.3, -0.25) is 0 Å². The minimum Gasteiger partial charge on any atom is -0.472 e. The summed E-state index contributed by atoms with van der Waals surface area (Å²) in [6.45, 7) is 5.08. The van der Waals surface area contributed by atoms with Crippen LogP contribution in [0.1, 0.15) is 36.8 Å². The van der Waals surface area contributed by atoms with E-state index < -0.39 is 0 Å². The van der Waals surface area contributed by atoms with E-state index in [1.807, 2.05) is 18.2 Å². The summed E-state index contributed by atoms with van der Waals surface area (Å²) >= 11 is 0. The van der Waals surface area contributed by atoms with Crippen molar-refractivity contribution in [3.8, 4) is 0 Å². The molecule has 0 aliphatic heterocycles. The molecule has 1 aromatic carbocycles. The predicted octanol–water partition coefficient (Wildman–Crippen LogP) is 4.44. The Morgan fingerprint density at radius 1 is 1.20 bits per heavy atom. The number of fused-ring (bicyclic) bond motifs is 1. The average Bonchev–Trinajstić information content (AvgIpc) is 3.11. The first-order chi connectivity index (χ1) is 9.79. The Morgan fingerprint density at radius 3 is 2.80 bits per heavy atom. The van der Waals surface area contributed by atoms with E-state index >= 15 is 0 Å². The molecule has 1 unspecified atom stereocenters. The monoisotopic (exact) mass is 269 g/mol. The molecular weight excluding hydrogens is 250 g/mol. The minimum absolute atomic E-state index is 0.173. The first kappa shape index (κ1) is 13.0. The van der Waals surface area contributed by atoms with Crippen LogP contribution in [0.4, 0.5) is 0 Å². The highest BCUT2D eigenvalue weighted by molar-refractivity contribution is 5.82. The fourth-order valence-electron chi connectivity index (χ4n) is 2.59. The van der Waals surface area contributed by atoms with Gasteiger partial charge in [-0.25, -0.2) is 0 Å². The maximum atomic E-state index is 6.04. The third-order valence-electron chi connectivity index (χ3n) is 3.67. The van der Waals surface area contributed by atoms with E-state index in [2.05, 4.69) is 31.3 Å². The van der Waals surface area contributed by atoms with Gasteiger partial charge in [-0.15, -0.1) is 0 Å². The molecule has 0 fully saturated rings. The van der Waals surface area contributed by atoms with E-state index in [0.717, 1.165) is 29.9 Å². The molecule has 0 aliphatic rings. The van der Waals surface area contributed by atoms with Gasteiger partial charge in [0, 0.05) is 23.1 Å². The van der Waals surface area contributed by atoms with Crippen molar-refractivity contribution < 1.29 is 8.83 Å². The first-order valence-corrected chi connectivity index (χ1v) is 7.04. The smallest absolute Gasteiger partial charge is 0.134 e. The Hall–Kier alpha value is -2.00.